The van der Waals surface area contributed by atoms with Crippen molar-refractivity contribution < 1.29 is 18.7 Å². The number of phenolic OH excluding ortho intramolecular Hbond substituents is 1. The number of anilines is 1. The number of amides is 1. The third-order valence-corrected chi connectivity index (χ3v) is 3.34. The lowest BCUT2D eigenvalue weighted by Crippen LogP contribution is -2.33. The van der Waals surface area contributed by atoms with Crippen molar-refractivity contribution >= 4 is 11.6 Å². The number of carbonyl (C=O) groups is 1. The number of alkyl halides is 2. The second kappa shape index (κ2) is 5.71. The number of nitrogens with one attached hydrogen (secondary N) is 1. The highest BCUT2D eigenvalue weighted by atomic mass is 19.3. The van der Waals surface area contributed by atoms with Crippen molar-refractivity contribution in [2.45, 2.75) is 26.7 Å². The molecule has 0 unspecified atom stereocenters. The highest BCUT2D eigenvalue weighted by molar-refractivity contribution is 5.96. The largest absolute Gasteiger partial charge is 0.507 e. The van der Waals surface area contributed by atoms with Gasteiger partial charge in [0, 0.05) is 11.9 Å². The summed E-state index contributed by atoms with van der Waals surface area (Å²) in [7, 11) is 0. The second-order valence-corrected chi connectivity index (χ2v) is 5.16. The van der Waals surface area contributed by atoms with Crippen molar-refractivity contribution in [3.05, 3.63) is 52.8 Å². The maximum Gasteiger partial charge on any atom is 0.366 e. The van der Waals surface area contributed by atoms with Gasteiger partial charge in [0.2, 0.25) is 0 Å². The normalized spacial score (nSPS) is 11.3. The number of aryl methyl sites for hydroxylation is 3. The van der Waals surface area contributed by atoms with Gasteiger partial charge >= 0.3 is 11.8 Å². The van der Waals surface area contributed by atoms with Crippen molar-refractivity contribution in [1.29, 1.82) is 0 Å². The van der Waals surface area contributed by atoms with Gasteiger partial charge in [-0.1, -0.05) is 6.07 Å². The molecule has 1 amide bonds. The highest BCUT2D eigenvalue weighted by Gasteiger charge is 2.43. The molecule has 2 aromatic rings. The van der Waals surface area contributed by atoms with Crippen molar-refractivity contribution in [2.24, 2.45) is 0 Å². The van der Waals surface area contributed by atoms with E-state index >= 15 is 0 Å². The third kappa shape index (κ3) is 2.90. The molecule has 0 saturated heterocycles. The molecule has 2 rings (SSSR count). The number of phenols is 1. The molecule has 6 heteroatoms. The van der Waals surface area contributed by atoms with Crippen LogP contribution in [0.4, 0.5) is 14.5 Å². The minimum absolute atomic E-state index is 0.0744. The zero-order chi connectivity index (χ0) is 16.5. The Kier molecular flexibility index (Phi) is 4.12. The van der Waals surface area contributed by atoms with Gasteiger partial charge in [0.05, 0.1) is 0 Å². The number of nitrogens with zero attached hydrogens (tertiary/aromatic N) is 1. The van der Waals surface area contributed by atoms with E-state index in [1.807, 2.05) is 0 Å². The summed E-state index contributed by atoms with van der Waals surface area (Å²) < 4.78 is 28.5. The molecule has 2 N–H and O–H groups in total. The van der Waals surface area contributed by atoms with E-state index in [4.69, 9.17) is 0 Å². The number of halogens is 2. The average molecular weight is 306 g/mol. The van der Waals surface area contributed by atoms with Crippen LogP contribution in [0, 0.1) is 20.8 Å². The molecule has 22 heavy (non-hydrogen) atoms. The first-order chi connectivity index (χ1) is 10.2. The SMILES string of the molecule is Cc1cccnc1C(F)(F)C(=O)Nc1cc(C)c(O)c(C)c1. The lowest BCUT2D eigenvalue weighted by atomic mass is 10.1. The number of pyridine rings is 1. The Morgan fingerprint density at radius 1 is 1.18 bits per heavy atom. The van der Waals surface area contributed by atoms with Gasteiger partial charge in [-0.05, 0) is 55.7 Å². The predicted octanol–water partition coefficient (Wildman–Crippen LogP) is 3.44. The van der Waals surface area contributed by atoms with E-state index in [2.05, 4.69) is 10.3 Å². The summed E-state index contributed by atoms with van der Waals surface area (Å²) in [6, 6.07) is 5.86. The lowest BCUT2D eigenvalue weighted by Gasteiger charge is -2.18. The Morgan fingerprint density at radius 2 is 1.77 bits per heavy atom. The molecule has 0 fully saturated rings. The number of benzene rings is 1. The lowest BCUT2D eigenvalue weighted by molar-refractivity contribution is -0.141. The summed E-state index contributed by atoms with van der Waals surface area (Å²) in [5.41, 5.74) is 0.853. The molecule has 0 bridgehead atoms. The summed E-state index contributed by atoms with van der Waals surface area (Å²) >= 11 is 0. The number of carbonyl (C=O) groups excluding carboxylic acids is 1. The Hall–Kier alpha value is -2.50. The molecule has 0 aliphatic carbocycles. The van der Waals surface area contributed by atoms with Crippen molar-refractivity contribution in [3.63, 3.8) is 0 Å². The molecular formula is C16H16F2N2O2. The Morgan fingerprint density at radius 3 is 2.32 bits per heavy atom. The van der Waals surface area contributed by atoms with E-state index in [-0.39, 0.29) is 17.0 Å². The molecule has 0 saturated carbocycles. The summed E-state index contributed by atoms with van der Waals surface area (Å²) in [4.78, 5) is 15.5. The standard InChI is InChI=1S/C16H16F2N2O2/c1-9-5-4-6-19-14(9)16(17,18)15(22)20-12-7-10(2)13(21)11(3)8-12/h4-8,21H,1-3H3,(H,20,22). The van der Waals surface area contributed by atoms with Crippen molar-refractivity contribution in [2.75, 3.05) is 5.32 Å². The minimum Gasteiger partial charge on any atom is -0.507 e. The molecule has 0 aliphatic rings. The average Bonchev–Trinajstić information content (AvgIpc) is 2.44. The van der Waals surface area contributed by atoms with Gasteiger partial charge < -0.3 is 10.4 Å². The van der Waals surface area contributed by atoms with E-state index in [1.165, 1.54) is 37.4 Å². The number of hydrogen-bond acceptors (Lipinski definition) is 3. The molecule has 0 aliphatic heterocycles. The van der Waals surface area contributed by atoms with Gasteiger partial charge in [-0.15, -0.1) is 0 Å². The molecule has 1 aromatic carbocycles. The molecule has 116 valence electrons. The highest BCUT2D eigenvalue weighted by Crippen LogP contribution is 2.31. The summed E-state index contributed by atoms with van der Waals surface area (Å²) in [6.45, 7) is 4.72. The number of rotatable bonds is 3. The molecule has 4 nitrogen and oxygen atoms in total. The number of aromatic hydroxyl groups is 1. The Bertz CT molecular complexity index is 707. The summed E-state index contributed by atoms with van der Waals surface area (Å²) in [6.07, 6.45) is 1.22. The monoisotopic (exact) mass is 306 g/mol. The third-order valence-electron chi connectivity index (χ3n) is 3.34. The van der Waals surface area contributed by atoms with Gasteiger partial charge in [-0.2, -0.15) is 8.78 Å². The van der Waals surface area contributed by atoms with Gasteiger partial charge in [0.1, 0.15) is 11.4 Å². The molecule has 0 radical (unpaired) electrons. The number of hydrogen-bond donors (Lipinski definition) is 2. The fraction of sp³-hybridized carbons (Fsp3) is 0.250. The zero-order valence-electron chi connectivity index (χ0n) is 12.4. The van der Waals surface area contributed by atoms with Crippen molar-refractivity contribution in [3.8, 4) is 5.75 Å². The van der Waals surface area contributed by atoms with Gasteiger partial charge in [0.25, 0.3) is 0 Å². The molecule has 0 spiro atoms. The maximum absolute atomic E-state index is 14.3. The van der Waals surface area contributed by atoms with Crippen LogP contribution in [-0.4, -0.2) is 16.0 Å². The fourth-order valence-electron chi connectivity index (χ4n) is 2.16. The predicted molar refractivity (Wildman–Crippen MR) is 79.1 cm³/mol. The van der Waals surface area contributed by atoms with Gasteiger partial charge in [-0.3, -0.25) is 9.78 Å². The van der Waals surface area contributed by atoms with Crippen LogP contribution in [0.2, 0.25) is 0 Å². The molecule has 1 aromatic heterocycles. The fourth-order valence-corrected chi connectivity index (χ4v) is 2.16. The summed E-state index contributed by atoms with van der Waals surface area (Å²) in [5.74, 6) is -5.13. The van der Waals surface area contributed by atoms with Crippen LogP contribution in [0.5, 0.6) is 5.75 Å². The van der Waals surface area contributed by atoms with Crippen LogP contribution in [0.15, 0.2) is 30.5 Å². The smallest absolute Gasteiger partial charge is 0.366 e. The van der Waals surface area contributed by atoms with Gasteiger partial charge in [0.15, 0.2) is 0 Å². The van der Waals surface area contributed by atoms with E-state index in [9.17, 15) is 18.7 Å². The first kappa shape index (κ1) is 15.9. The minimum atomic E-state index is -3.75. The zero-order valence-corrected chi connectivity index (χ0v) is 12.4. The molecule has 1 heterocycles. The van der Waals surface area contributed by atoms with E-state index in [1.54, 1.807) is 13.8 Å². The first-order valence-corrected chi connectivity index (χ1v) is 6.65. The van der Waals surface area contributed by atoms with Crippen LogP contribution in [-0.2, 0) is 10.7 Å². The van der Waals surface area contributed by atoms with Gasteiger partial charge in [-0.25, -0.2) is 0 Å². The molecular weight excluding hydrogens is 290 g/mol. The number of aromatic nitrogens is 1. The van der Waals surface area contributed by atoms with Crippen LogP contribution < -0.4 is 5.32 Å². The Labute approximate surface area is 126 Å². The van der Waals surface area contributed by atoms with Crippen LogP contribution >= 0.6 is 0 Å². The van der Waals surface area contributed by atoms with Crippen LogP contribution in [0.1, 0.15) is 22.4 Å². The van der Waals surface area contributed by atoms with E-state index in [0.717, 1.165) is 0 Å². The summed E-state index contributed by atoms with van der Waals surface area (Å²) in [5, 5.41) is 11.8. The van der Waals surface area contributed by atoms with Crippen LogP contribution in [0.3, 0.4) is 0 Å². The van der Waals surface area contributed by atoms with Crippen LogP contribution in [0.25, 0.3) is 0 Å². The van der Waals surface area contributed by atoms with E-state index < -0.39 is 17.5 Å². The second-order valence-electron chi connectivity index (χ2n) is 5.16. The Balaban J connectivity index is 2.31. The van der Waals surface area contributed by atoms with E-state index in [0.29, 0.717) is 11.1 Å². The molecule has 0 atom stereocenters. The quantitative estimate of drug-likeness (QED) is 0.854. The topological polar surface area (TPSA) is 62.2 Å². The van der Waals surface area contributed by atoms with Crippen molar-refractivity contribution in [1.82, 2.24) is 4.98 Å². The first-order valence-electron chi connectivity index (χ1n) is 6.65. The maximum atomic E-state index is 14.3.